The quantitative estimate of drug-likeness (QED) is 0.871. The van der Waals surface area contributed by atoms with E-state index in [0.29, 0.717) is 17.2 Å². The molecule has 18 heavy (non-hydrogen) atoms. The lowest BCUT2D eigenvalue weighted by Crippen LogP contribution is -2.49. The SMILES string of the molecule is CSCC(=O)N1C[C@@H](C(N)=O)Oc2ccccc21. The van der Waals surface area contributed by atoms with E-state index in [9.17, 15) is 9.59 Å². The Morgan fingerprint density at radius 1 is 1.50 bits per heavy atom. The van der Waals surface area contributed by atoms with Gasteiger partial charge in [0, 0.05) is 0 Å². The fourth-order valence-corrected chi connectivity index (χ4v) is 2.22. The van der Waals surface area contributed by atoms with Crippen LogP contribution in [0.3, 0.4) is 0 Å². The average molecular weight is 266 g/mol. The van der Waals surface area contributed by atoms with Gasteiger partial charge in [0.25, 0.3) is 5.91 Å². The number of amides is 2. The second kappa shape index (κ2) is 5.30. The Bertz CT molecular complexity index is 478. The van der Waals surface area contributed by atoms with Crippen molar-refractivity contribution in [1.82, 2.24) is 0 Å². The van der Waals surface area contributed by atoms with E-state index < -0.39 is 12.0 Å². The van der Waals surface area contributed by atoms with E-state index in [1.54, 1.807) is 23.1 Å². The number of carbonyl (C=O) groups excluding carboxylic acids is 2. The molecule has 0 bridgehead atoms. The number of benzene rings is 1. The molecule has 0 unspecified atom stereocenters. The number of primary amides is 1. The summed E-state index contributed by atoms with van der Waals surface area (Å²) in [6.45, 7) is 0.172. The van der Waals surface area contributed by atoms with Gasteiger partial charge in [0.15, 0.2) is 6.10 Å². The molecule has 0 aliphatic carbocycles. The molecule has 0 fully saturated rings. The number of nitrogens with zero attached hydrogens (tertiary/aromatic N) is 1. The van der Waals surface area contributed by atoms with Crippen molar-refractivity contribution in [3.05, 3.63) is 24.3 Å². The van der Waals surface area contributed by atoms with E-state index in [1.807, 2.05) is 12.3 Å². The van der Waals surface area contributed by atoms with Crippen LogP contribution in [0.2, 0.25) is 0 Å². The number of rotatable bonds is 3. The van der Waals surface area contributed by atoms with Gasteiger partial charge in [-0.2, -0.15) is 11.8 Å². The summed E-state index contributed by atoms with van der Waals surface area (Å²) in [5, 5.41) is 0. The highest BCUT2D eigenvalue weighted by atomic mass is 32.2. The van der Waals surface area contributed by atoms with Crippen molar-refractivity contribution < 1.29 is 14.3 Å². The van der Waals surface area contributed by atoms with E-state index in [2.05, 4.69) is 0 Å². The van der Waals surface area contributed by atoms with Crippen LogP contribution in [0.1, 0.15) is 0 Å². The Labute approximate surface area is 109 Å². The summed E-state index contributed by atoms with van der Waals surface area (Å²) in [7, 11) is 0. The highest BCUT2D eigenvalue weighted by Crippen LogP contribution is 2.33. The molecule has 2 amide bonds. The van der Waals surface area contributed by atoms with Gasteiger partial charge in [-0.3, -0.25) is 9.59 Å². The highest BCUT2D eigenvalue weighted by molar-refractivity contribution is 7.99. The molecule has 1 heterocycles. The summed E-state index contributed by atoms with van der Waals surface area (Å²) >= 11 is 1.44. The van der Waals surface area contributed by atoms with Crippen LogP contribution >= 0.6 is 11.8 Å². The number of ether oxygens (including phenoxy) is 1. The van der Waals surface area contributed by atoms with Crippen LogP contribution in [0.4, 0.5) is 5.69 Å². The summed E-state index contributed by atoms with van der Waals surface area (Å²) < 4.78 is 5.48. The van der Waals surface area contributed by atoms with Crippen molar-refractivity contribution in [2.24, 2.45) is 5.73 Å². The first-order chi connectivity index (χ1) is 8.63. The van der Waals surface area contributed by atoms with Gasteiger partial charge in [-0.05, 0) is 18.4 Å². The Morgan fingerprint density at radius 3 is 2.89 bits per heavy atom. The molecule has 2 rings (SSSR count). The first-order valence-corrected chi connectivity index (χ1v) is 6.87. The van der Waals surface area contributed by atoms with Crippen molar-refractivity contribution >= 4 is 29.3 Å². The molecule has 0 aromatic heterocycles. The van der Waals surface area contributed by atoms with Gasteiger partial charge in [-0.15, -0.1) is 0 Å². The molecule has 0 saturated carbocycles. The van der Waals surface area contributed by atoms with Gasteiger partial charge in [0.05, 0.1) is 18.0 Å². The number of hydrogen-bond donors (Lipinski definition) is 1. The largest absolute Gasteiger partial charge is 0.477 e. The molecule has 1 aliphatic rings. The molecule has 1 aromatic carbocycles. The number of fused-ring (bicyclic) bond motifs is 1. The summed E-state index contributed by atoms with van der Waals surface area (Å²) in [4.78, 5) is 24.8. The van der Waals surface area contributed by atoms with E-state index in [1.165, 1.54) is 11.8 Å². The Morgan fingerprint density at radius 2 is 2.22 bits per heavy atom. The van der Waals surface area contributed by atoms with Gasteiger partial charge in [0.1, 0.15) is 5.75 Å². The molecule has 1 atom stereocenters. The van der Waals surface area contributed by atoms with Crippen LogP contribution in [0.5, 0.6) is 5.75 Å². The first kappa shape index (κ1) is 12.8. The summed E-state index contributed by atoms with van der Waals surface area (Å²) in [5.74, 6) is 0.262. The van der Waals surface area contributed by atoms with Crippen LogP contribution in [-0.2, 0) is 9.59 Å². The number of hydrogen-bond acceptors (Lipinski definition) is 4. The molecule has 0 saturated heterocycles. The maximum Gasteiger partial charge on any atom is 0.260 e. The van der Waals surface area contributed by atoms with Crippen LogP contribution in [-0.4, -0.2) is 36.5 Å². The fourth-order valence-electron chi connectivity index (χ4n) is 1.82. The maximum absolute atomic E-state index is 12.0. The number of para-hydroxylation sites is 2. The maximum atomic E-state index is 12.0. The number of thioether (sulfide) groups is 1. The van der Waals surface area contributed by atoms with Crippen LogP contribution in [0.15, 0.2) is 24.3 Å². The smallest absolute Gasteiger partial charge is 0.260 e. The molecule has 96 valence electrons. The second-order valence-electron chi connectivity index (χ2n) is 3.91. The lowest BCUT2D eigenvalue weighted by molar-refractivity contribution is -0.125. The Kier molecular flexibility index (Phi) is 3.76. The van der Waals surface area contributed by atoms with Crippen LogP contribution < -0.4 is 15.4 Å². The van der Waals surface area contributed by atoms with Crippen molar-refractivity contribution in [3.8, 4) is 5.75 Å². The molecule has 2 N–H and O–H groups in total. The minimum absolute atomic E-state index is 0.0514. The molecule has 5 nitrogen and oxygen atoms in total. The zero-order valence-corrected chi connectivity index (χ0v) is 10.8. The monoisotopic (exact) mass is 266 g/mol. The Hall–Kier alpha value is -1.69. The van der Waals surface area contributed by atoms with Crippen molar-refractivity contribution in [1.29, 1.82) is 0 Å². The average Bonchev–Trinajstić information content (AvgIpc) is 2.37. The summed E-state index contributed by atoms with van der Waals surface area (Å²) in [5.41, 5.74) is 5.94. The van der Waals surface area contributed by atoms with Crippen molar-refractivity contribution in [3.63, 3.8) is 0 Å². The zero-order chi connectivity index (χ0) is 13.1. The second-order valence-corrected chi connectivity index (χ2v) is 4.78. The van der Waals surface area contributed by atoms with E-state index in [0.717, 1.165) is 0 Å². The van der Waals surface area contributed by atoms with Gasteiger partial charge in [-0.25, -0.2) is 0 Å². The highest BCUT2D eigenvalue weighted by Gasteiger charge is 2.32. The molecule has 0 radical (unpaired) electrons. The van der Waals surface area contributed by atoms with Gasteiger partial charge in [0.2, 0.25) is 5.91 Å². The third-order valence-corrected chi connectivity index (χ3v) is 3.20. The normalized spacial score (nSPS) is 17.8. The third kappa shape index (κ3) is 2.43. The lowest BCUT2D eigenvalue weighted by atomic mass is 10.2. The predicted octanol–water partition coefficient (Wildman–Crippen LogP) is 0.629. The Balaban J connectivity index is 2.33. The molecular formula is C12H14N2O3S. The molecule has 1 aromatic rings. The zero-order valence-electron chi connectivity index (χ0n) is 9.96. The fraction of sp³-hybridized carbons (Fsp3) is 0.333. The minimum Gasteiger partial charge on any atom is -0.477 e. The van der Waals surface area contributed by atoms with E-state index >= 15 is 0 Å². The van der Waals surface area contributed by atoms with Crippen molar-refractivity contribution in [2.75, 3.05) is 23.5 Å². The number of anilines is 1. The van der Waals surface area contributed by atoms with Crippen LogP contribution in [0.25, 0.3) is 0 Å². The molecule has 0 spiro atoms. The predicted molar refractivity (Wildman–Crippen MR) is 70.8 cm³/mol. The number of nitrogens with two attached hydrogens (primary N) is 1. The minimum atomic E-state index is -0.786. The molecule has 1 aliphatic heterocycles. The molecule has 6 heteroatoms. The van der Waals surface area contributed by atoms with E-state index in [-0.39, 0.29) is 12.5 Å². The van der Waals surface area contributed by atoms with E-state index in [4.69, 9.17) is 10.5 Å². The summed E-state index contributed by atoms with van der Waals surface area (Å²) in [6.07, 6.45) is 1.07. The van der Waals surface area contributed by atoms with Gasteiger partial charge >= 0.3 is 0 Å². The lowest BCUT2D eigenvalue weighted by Gasteiger charge is -2.33. The first-order valence-electron chi connectivity index (χ1n) is 5.47. The van der Waals surface area contributed by atoms with Gasteiger partial charge in [-0.1, -0.05) is 12.1 Å². The third-order valence-electron chi connectivity index (χ3n) is 2.66. The standard InChI is InChI=1S/C12H14N2O3S/c1-18-7-11(15)14-6-10(12(13)16)17-9-5-3-2-4-8(9)14/h2-5,10H,6-7H2,1H3,(H2,13,16)/t10-/m0/s1. The summed E-state index contributed by atoms with van der Waals surface area (Å²) in [6, 6.07) is 7.14. The van der Waals surface area contributed by atoms with Crippen molar-refractivity contribution in [2.45, 2.75) is 6.10 Å². The topological polar surface area (TPSA) is 72.6 Å². The van der Waals surface area contributed by atoms with Crippen LogP contribution in [0, 0.1) is 0 Å². The molecular weight excluding hydrogens is 252 g/mol. The van der Waals surface area contributed by atoms with Gasteiger partial charge < -0.3 is 15.4 Å². The number of carbonyl (C=O) groups is 2.